The number of nitrogens with one attached hydrogen (secondary N) is 1. The van der Waals surface area contributed by atoms with Gasteiger partial charge < -0.3 is 14.7 Å². The fourth-order valence-electron chi connectivity index (χ4n) is 2.55. The van der Waals surface area contributed by atoms with Crippen molar-refractivity contribution in [2.75, 3.05) is 20.1 Å². The highest BCUT2D eigenvalue weighted by Gasteiger charge is 2.38. The van der Waals surface area contributed by atoms with Crippen LogP contribution in [0.5, 0.6) is 0 Å². The molecular formula is C15H15F3N4O2. The van der Waals surface area contributed by atoms with Crippen molar-refractivity contribution in [3.05, 3.63) is 35.7 Å². The minimum atomic E-state index is -4.68. The summed E-state index contributed by atoms with van der Waals surface area (Å²) in [5, 5.41) is 6.24. The van der Waals surface area contributed by atoms with Crippen molar-refractivity contribution >= 4 is 5.91 Å². The van der Waals surface area contributed by atoms with Crippen LogP contribution < -0.4 is 5.32 Å². The van der Waals surface area contributed by atoms with E-state index in [4.69, 9.17) is 0 Å². The second-order valence-electron chi connectivity index (χ2n) is 5.72. The molecule has 0 spiro atoms. The van der Waals surface area contributed by atoms with Gasteiger partial charge in [-0.05, 0) is 32.1 Å². The summed E-state index contributed by atoms with van der Waals surface area (Å²) in [4.78, 5) is 17.6. The van der Waals surface area contributed by atoms with E-state index in [1.807, 2.05) is 7.05 Å². The fourth-order valence-corrected chi connectivity index (χ4v) is 2.55. The molecule has 128 valence electrons. The molecule has 0 radical (unpaired) electrons. The Morgan fingerprint density at radius 2 is 2.04 bits per heavy atom. The summed E-state index contributed by atoms with van der Waals surface area (Å²) in [6.07, 6.45) is -3.79. The molecule has 1 N–H and O–H groups in total. The molecule has 2 heterocycles. The van der Waals surface area contributed by atoms with Gasteiger partial charge >= 0.3 is 12.1 Å². The molecule has 1 atom stereocenters. The molecule has 0 aliphatic carbocycles. The zero-order chi connectivity index (χ0) is 17.3. The van der Waals surface area contributed by atoms with E-state index in [-0.39, 0.29) is 17.8 Å². The zero-order valence-corrected chi connectivity index (χ0v) is 12.8. The van der Waals surface area contributed by atoms with Crippen LogP contribution in [0.4, 0.5) is 13.2 Å². The van der Waals surface area contributed by atoms with E-state index in [1.54, 1.807) is 0 Å². The normalized spacial score (nSPS) is 18.8. The fraction of sp³-hybridized carbons (Fsp3) is 0.400. The number of likely N-dealkylation sites (N-methyl/N-ethyl adjacent to an activating group) is 1. The standard InChI is InChI=1S/C15H15F3N4O2/c1-22-7-6-11(8-22)19-13(23)10-4-2-9(3-5-10)12-20-14(24-21-12)15(16,17)18/h2-5,11H,6-8H2,1H3,(H,19,23). The molecule has 2 aromatic rings. The van der Waals surface area contributed by atoms with Gasteiger partial charge in [-0.25, -0.2) is 0 Å². The Bertz CT molecular complexity index is 727. The Hall–Kier alpha value is -2.42. The second-order valence-corrected chi connectivity index (χ2v) is 5.72. The Balaban J connectivity index is 1.69. The molecule has 1 fully saturated rings. The van der Waals surface area contributed by atoms with E-state index in [0.717, 1.165) is 19.5 Å². The van der Waals surface area contributed by atoms with Gasteiger partial charge in [0.05, 0.1) is 0 Å². The molecule has 6 nitrogen and oxygen atoms in total. The van der Waals surface area contributed by atoms with Crippen molar-refractivity contribution in [2.24, 2.45) is 0 Å². The van der Waals surface area contributed by atoms with E-state index < -0.39 is 12.1 Å². The van der Waals surface area contributed by atoms with Crippen LogP contribution in [0.15, 0.2) is 28.8 Å². The maximum atomic E-state index is 12.5. The molecule has 0 saturated carbocycles. The van der Waals surface area contributed by atoms with E-state index in [0.29, 0.717) is 11.1 Å². The molecule has 1 aromatic carbocycles. The highest BCUT2D eigenvalue weighted by atomic mass is 19.4. The van der Waals surface area contributed by atoms with Gasteiger partial charge in [0.15, 0.2) is 0 Å². The van der Waals surface area contributed by atoms with Gasteiger partial charge in [-0.15, -0.1) is 0 Å². The number of aromatic nitrogens is 2. The molecule has 1 amide bonds. The first-order valence-electron chi connectivity index (χ1n) is 7.33. The van der Waals surface area contributed by atoms with Gasteiger partial charge in [0.1, 0.15) is 0 Å². The number of carbonyl (C=O) groups excluding carboxylic acids is 1. The van der Waals surface area contributed by atoms with E-state index >= 15 is 0 Å². The number of alkyl halides is 3. The van der Waals surface area contributed by atoms with Gasteiger partial charge in [-0.2, -0.15) is 18.2 Å². The zero-order valence-electron chi connectivity index (χ0n) is 12.8. The summed E-state index contributed by atoms with van der Waals surface area (Å²) in [5.74, 6) is -1.79. The number of hydrogen-bond donors (Lipinski definition) is 1. The maximum absolute atomic E-state index is 12.5. The first-order chi connectivity index (χ1) is 11.3. The molecule has 1 aromatic heterocycles. The third kappa shape index (κ3) is 3.56. The van der Waals surface area contributed by atoms with Crippen LogP contribution in [0.1, 0.15) is 22.7 Å². The van der Waals surface area contributed by atoms with Crippen LogP contribution >= 0.6 is 0 Å². The van der Waals surface area contributed by atoms with Gasteiger partial charge in [-0.1, -0.05) is 17.3 Å². The number of amides is 1. The quantitative estimate of drug-likeness (QED) is 0.927. The van der Waals surface area contributed by atoms with Crippen molar-refractivity contribution in [3.63, 3.8) is 0 Å². The number of halogens is 3. The minimum absolute atomic E-state index is 0.105. The van der Waals surface area contributed by atoms with E-state index in [2.05, 4.69) is 24.9 Å². The van der Waals surface area contributed by atoms with E-state index in [9.17, 15) is 18.0 Å². The Morgan fingerprint density at radius 3 is 2.58 bits per heavy atom. The van der Waals surface area contributed by atoms with Crippen LogP contribution in [0, 0.1) is 0 Å². The summed E-state index contributed by atoms with van der Waals surface area (Å²) in [5.41, 5.74) is 0.763. The number of benzene rings is 1. The van der Waals surface area contributed by atoms with Gasteiger partial charge in [0, 0.05) is 23.7 Å². The summed E-state index contributed by atoms with van der Waals surface area (Å²) in [7, 11) is 1.99. The lowest BCUT2D eigenvalue weighted by Gasteiger charge is -2.12. The number of carbonyl (C=O) groups is 1. The maximum Gasteiger partial charge on any atom is 0.471 e. The molecule has 24 heavy (non-hydrogen) atoms. The van der Waals surface area contributed by atoms with Gasteiger partial charge in [0.2, 0.25) is 5.82 Å². The molecule has 9 heteroatoms. The highest BCUT2D eigenvalue weighted by Crippen LogP contribution is 2.29. The summed E-state index contributed by atoms with van der Waals surface area (Å²) in [6.45, 7) is 1.73. The lowest BCUT2D eigenvalue weighted by Crippen LogP contribution is -2.36. The van der Waals surface area contributed by atoms with Crippen molar-refractivity contribution < 1.29 is 22.5 Å². The van der Waals surface area contributed by atoms with Gasteiger partial charge in [-0.3, -0.25) is 4.79 Å². The number of nitrogens with zero attached hydrogens (tertiary/aromatic N) is 3. The minimum Gasteiger partial charge on any atom is -0.348 e. The Morgan fingerprint density at radius 1 is 1.33 bits per heavy atom. The monoisotopic (exact) mass is 340 g/mol. The first kappa shape index (κ1) is 16.4. The summed E-state index contributed by atoms with van der Waals surface area (Å²) >= 11 is 0. The van der Waals surface area contributed by atoms with Gasteiger partial charge in [0.25, 0.3) is 5.91 Å². The molecule has 1 saturated heterocycles. The molecular weight excluding hydrogens is 325 g/mol. The lowest BCUT2D eigenvalue weighted by atomic mass is 10.1. The second kappa shape index (κ2) is 6.23. The molecule has 1 unspecified atom stereocenters. The van der Waals surface area contributed by atoms with Crippen molar-refractivity contribution in [2.45, 2.75) is 18.6 Å². The molecule has 1 aliphatic rings. The first-order valence-corrected chi connectivity index (χ1v) is 7.33. The van der Waals surface area contributed by atoms with E-state index in [1.165, 1.54) is 24.3 Å². The molecule has 0 bridgehead atoms. The molecule has 3 rings (SSSR count). The Labute approximate surface area is 135 Å². The predicted molar refractivity (Wildman–Crippen MR) is 78.1 cm³/mol. The third-order valence-electron chi connectivity index (χ3n) is 3.80. The summed E-state index contributed by atoms with van der Waals surface area (Å²) in [6, 6.07) is 6.12. The van der Waals surface area contributed by atoms with Crippen LogP contribution in [-0.2, 0) is 6.18 Å². The largest absolute Gasteiger partial charge is 0.471 e. The SMILES string of the molecule is CN1CCC(NC(=O)c2ccc(-c3noc(C(F)(F)F)n3)cc2)C1. The topological polar surface area (TPSA) is 71.3 Å². The number of likely N-dealkylation sites (tertiary alicyclic amines) is 1. The van der Waals surface area contributed by atoms with Crippen molar-refractivity contribution in [1.82, 2.24) is 20.4 Å². The highest BCUT2D eigenvalue weighted by molar-refractivity contribution is 5.94. The van der Waals surface area contributed by atoms with Crippen LogP contribution in [0.25, 0.3) is 11.4 Å². The number of rotatable bonds is 3. The summed E-state index contributed by atoms with van der Waals surface area (Å²) < 4.78 is 41.6. The lowest BCUT2D eigenvalue weighted by molar-refractivity contribution is -0.159. The van der Waals surface area contributed by atoms with Crippen LogP contribution in [0.3, 0.4) is 0 Å². The third-order valence-corrected chi connectivity index (χ3v) is 3.80. The Kier molecular flexibility index (Phi) is 4.27. The molecule has 1 aliphatic heterocycles. The van der Waals surface area contributed by atoms with Crippen LogP contribution in [-0.4, -0.2) is 47.1 Å². The average Bonchev–Trinajstić information content (AvgIpc) is 3.16. The number of hydrogen-bond acceptors (Lipinski definition) is 5. The van der Waals surface area contributed by atoms with Crippen molar-refractivity contribution in [3.8, 4) is 11.4 Å². The van der Waals surface area contributed by atoms with Crippen molar-refractivity contribution in [1.29, 1.82) is 0 Å². The predicted octanol–water partition coefficient (Wildman–Crippen LogP) is 2.19. The average molecular weight is 340 g/mol. The van der Waals surface area contributed by atoms with Crippen LogP contribution in [0.2, 0.25) is 0 Å². The smallest absolute Gasteiger partial charge is 0.348 e.